The van der Waals surface area contributed by atoms with Gasteiger partial charge in [-0.25, -0.2) is 0 Å². The highest BCUT2D eigenvalue weighted by molar-refractivity contribution is 7.59. The smallest absolute Gasteiger partial charge is 0.349 e. The highest BCUT2D eigenvalue weighted by Gasteiger charge is 2.45. The molecule has 0 aromatic heterocycles. The Balaban J connectivity index is 1.02. The molecule has 0 spiro atoms. The van der Waals surface area contributed by atoms with Crippen molar-refractivity contribution in [3.05, 3.63) is 119 Å². The first-order valence-corrected chi connectivity index (χ1v) is 41.7. The summed E-state index contributed by atoms with van der Waals surface area (Å²) in [7, 11) is -29.1. The molecule has 1 atom stereocenters. The lowest BCUT2D eigenvalue weighted by Gasteiger charge is -2.38. The molecule has 464 valence electrons. The second-order valence-corrected chi connectivity index (χ2v) is 37.7. The van der Waals surface area contributed by atoms with Crippen LogP contribution in [-0.2, 0) is 110 Å². The minimum atomic E-state index is -3.70. The number of hydrogen-bond acceptors (Lipinski definition) is 27. The zero-order chi connectivity index (χ0) is 59.0. The van der Waals surface area contributed by atoms with Gasteiger partial charge >= 0.3 is 53.2 Å². The van der Waals surface area contributed by atoms with E-state index in [1.807, 2.05) is 60.7 Å². The molecule has 1 unspecified atom stereocenters. The third-order valence-electron chi connectivity index (χ3n) is 15.0. The third-order valence-corrected chi connectivity index (χ3v) is 30.3. The van der Waals surface area contributed by atoms with Crippen molar-refractivity contribution in [2.45, 2.75) is 11.8 Å². The molecule has 85 heavy (non-hydrogen) atoms. The van der Waals surface area contributed by atoms with Gasteiger partial charge in [0.1, 0.15) is 44.0 Å². The van der Waals surface area contributed by atoms with E-state index in [9.17, 15) is 36.5 Å². The SMILES string of the molecule is O=P1(CN(CP2(=O)OCCO2)c2ccc(C(c3ccc(N(CP4(=O)OCCO4)CP4(=O)OCCO4)cc3)(c3ccc(N(CP4(=O)OCCO4)CP4(=O)OCCO4)cc3)c3ccc(N(CP4(=O)OCCO4)CP4(=O)OCCO4)cc3)cc2)CCCO1. The van der Waals surface area contributed by atoms with E-state index in [4.69, 9.17) is 67.9 Å². The van der Waals surface area contributed by atoms with E-state index < -0.39 is 66.0 Å². The summed E-state index contributed by atoms with van der Waals surface area (Å²) in [6, 6.07) is 29.3. The van der Waals surface area contributed by atoms with E-state index in [0.717, 1.165) is 0 Å². The van der Waals surface area contributed by atoms with Crippen LogP contribution in [0.4, 0.5) is 22.7 Å². The van der Waals surface area contributed by atoms with Crippen LogP contribution in [0.5, 0.6) is 0 Å². The van der Waals surface area contributed by atoms with Gasteiger partial charge in [-0.15, -0.1) is 0 Å². The predicted octanol–water partition coefficient (Wildman–Crippen LogP) is 11.3. The number of anilines is 4. The first-order chi connectivity index (χ1) is 40.8. The van der Waals surface area contributed by atoms with Gasteiger partial charge in [0.25, 0.3) is 0 Å². The molecule has 0 radical (unpaired) electrons. The van der Waals surface area contributed by atoms with Crippen molar-refractivity contribution >= 4 is 83.3 Å². The Morgan fingerprint density at radius 2 is 0.447 bits per heavy atom. The second-order valence-electron chi connectivity index (χ2n) is 20.9. The predicted molar refractivity (Wildman–Crippen MR) is 313 cm³/mol. The van der Waals surface area contributed by atoms with Crippen LogP contribution in [0, 0.1) is 0 Å². The molecule has 8 heterocycles. The molecule has 0 saturated carbocycles. The molecule has 0 aliphatic carbocycles. The fourth-order valence-electron chi connectivity index (χ4n) is 11.3. The van der Waals surface area contributed by atoms with Crippen LogP contribution >= 0.6 is 60.5 Å². The van der Waals surface area contributed by atoms with E-state index >= 15 is 0 Å². The largest absolute Gasteiger partial charge is 0.350 e. The molecular formula is C50H66N4O23P8. The Bertz CT molecular complexity index is 2800. The third kappa shape index (κ3) is 14.3. The number of nitrogens with zero attached hydrogens (tertiary/aromatic N) is 4. The van der Waals surface area contributed by atoms with Gasteiger partial charge in [0.15, 0.2) is 0 Å². The van der Waals surface area contributed by atoms with Crippen LogP contribution in [0.1, 0.15) is 28.7 Å². The molecule has 8 aliphatic rings. The van der Waals surface area contributed by atoms with E-state index in [1.54, 1.807) is 56.0 Å². The van der Waals surface area contributed by atoms with E-state index in [0.29, 0.717) is 64.2 Å². The molecule has 0 N–H and O–H groups in total. The van der Waals surface area contributed by atoms with Crippen LogP contribution < -0.4 is 19.6 Å². The van der Waals surface area contributed by atoms with Crippen LogP contribution in [0.25, 0.3) is 0 Å². The van der Waals surface area contributed by atoms with Gasteiger partial charge < -0.3 is 87.5 Å². The molecule has 8 fully saturated rings. The number of hydrogen-bond donors (Lipinski definition) is 0. The standard InChI is InChI=1S/C50H66N4O23P8/c55-78(33-1-18-63-78)34-51(35-79(56)64-19-20-65-79)46-10-2-42(3-11-46)50(43-4-12-47(13-5-43)52(36-80(57)66-21-22-67-80)37-81(58)68-23-24-69-81,44-6-14-48(15-7-44)53(38-82(59)70-25-26-71-82)39-83(60)72-27-28-73-83)45-8-16-49(17-9-45)54(40-84(61)74-29-30-75-84)41-85(62)76-31-32-77-85/h2-17H,1,18-41H2. The second kappa shape index (κ2) is 25.5. The topological polar surface area (TPSA) is 288 Å². The van der Waals surface area contributed by atoms with Crippen LogP contribution in [0.15, 0.2) is 97.1 Å². The Morgan fingerprint density at radius 1 is 0.259 bits per heavy atom. The zero-order valence-electron chi connectivity index (χ0n) is 46.2. The quantitative estimate of drug-likeness (QED) is 0.0465. The maximum Gasteiger partial charge on any atom is 0.349 e. The molecule has 8 aliphatic heterocycles. The van der Waals surface area contributed by atoms with E-state index in [2.05, 4.69) is 0 Å². The lowest BCUT2D eigenvalue weighted by molar-refractivity contribution is 0.343. The molecule has 4 aromatic rings. The maximum absolute atomic E-state index is 14.1. The highest BCUT2D eigenvalue weighted by atomic mass is 31.2. The summed E-state index contributed by atoms with van der Waals surface area (Å²) in [5, 5.41) is 0. The summed E-state index contributed by atoms with van der Waals surface area (Å²) in [5.74, 6) is 0. The minimum Gasteiger partial charge on any atom is -0.350 e. The van der Waals surface area contributed by atoms with Crippen molar-refractivity contribution in [2.75, 3.05) is 175 Å². The average molecular weight is 1340 g/mol. The van der Waals surface area contributed by atoms with Gasteiger partial charge in [-0.05, 0) is 77.2 Å². The molecule has 4 aromatic carbocycles. The van der Waals surface area contributed by atoms with Crippen molar-refractivity contribution in [3.63, 3.8) is 0 Å². The van der Waals surface area contributed by atoms with Crippen molar-refractivity contribution in [1.29, 1.82) is 0 Å². The lowest BCUT2D eigenvalue weighted by Crippen LogP contribution is -2.32. The van der Waals surface area contributed by atoms with Gasteiger partial charge in [-0.2, -0.15) is 0 Å². The normalized spacial score (nSPS) is 25.1. The summed E-state index contributed by atoms with van der Waals surface area (Å²) in [6.45, 7) is 1.91. The molecule has 0 amide bonds. The van der Waals surface area contributed by atoms with Crippen molar-refractivity contribution < 1.29 is 104 Å². The summed E-state index contributed by atoms with van der Waals surface area (Å²) in [5.41, 5.74) is 3.13. The Kier molecular flexibility index (Phi) is 18.8. The molecule has 0 bridgehead atoms. The number of benzene rings is 4. The molecule has 12 rings (SSSR count). The summed E-state index contributed by atoms with van der Waals surface area (Å²) in [6.07, 6.45) is -0.988. The Morgan fingerprint density at radius 3 is 0.624 bits per heavy atom. The molecule has 35 heteroatoms. The van der Waals surface area contributed by atoms with Gasteiger partial charge in [0, 0.05) is 28.9 Å². The molecule has 8 saturated heterocycles. The van der Waals surface area contributed by atoms with E-state index in [1.165, 1.54) is 0 Å². The fraction of sp³-hybridized carbons (Fsp3) is 0.520. The minimum absolute atomic E-state index is 0.0633. The monoisotopic (exact) mass is 1340 g/mol. The van der Waals surface area contributed by atoms with E-state index in [-0.39, 0.29) is 143 Å². The van der Waals surface area contributed by atoms with Gasteiger partial charge in [0.05, 0.1) is 111 Å². The first-order valence-electron chi connectivity index (χ1n) is 27.6. The summed E-state index contributed by atoms with van der Waals surface area (Å²) >= 11 is 0. The first kappa shape index (κ1) is 62.5. The van der Waals surface area contributed by atoms with Crippen LogP contribution in [0.2, 0.25) is 0 Å². The summed E-state index contributed by atoms with van der Waals surface area (Å²) < 4.78 is 196. The molecule has 27 nitrogen and oxygen atoms in total. The molecular weight excluding hydrogens is 1270 g/mol. The Labute approximate surface area is 491 Å². The van der Waals surface area contributed by atoms with Crippen LogP contribution in [0.3, 0.4) is 0 Å². The van der Waals surface area contributed by atoms with Crippen molar-refractivity contribution in [2.24, 2.45) is 0 Å². The summed E-state index contributed by atoms with van der Waals surface area (Å²) in [4.78, 5) is 6.51. The van der Waals surface area contributed by atoms with Crippen LogP contribution in [-0.4, -0.2) is 156 Å². The van der Waals surface area contributed by atoms with Gasteiger partial charge in [0.2, 0.25) is 7.37 Å². The van der Waals surface area contributed by atoms with Crippen molar-refractivity contribution in [3.8, 4) is 0 Å². The fourth-order valence-corrected chi connectivity index (χ4v) is 25.5. The van der Waals surface area contributed by atoms with Gasteiger partial charge in [-0.3, -0.25) is 36.5 Å². The average Bonchev–Trinajstić information content (AvgIpc) is 3.49. The number of rotatable bonds is 24. The maximum atomic E-state index is 14.1. The highest BCUT2D eigenvalue weighted by Crippen LogP contribution is 2.62. The van der Waals surface area contributed by atoms with Gasteiger partial charge in [-0.1, -0.05) is 48.5 Å². The van der Waals surface area contributed by atoms with Crippen molar-refractivity contribution in [1.82, 2.24) is 0 Å². The zero-order valence-corrected chi connectivity index (χ0v) is 53.3. The Hall–Kier alpha value is -2.68. The lowest BCUT2D eigenvalue weighted by atomic mass is 9.65.